The molecule has 168 valence electrons. The molecule has 0 aliphatic heterocycles. The number of hydrogen-bond donors (Lipinski definition) is 1. The zero-order valence-electron chi connectivity index (χ0n) is 18.8. The zero-order valence-corrected chi connectivity index (χ0v) is 18.8. The topological polar surface area (TPSA) is 77.1 Å². The number of nitrogens with one attached hydrogen (secondary N) is 1. The Morgan fingerprint density at radius 2 is 1.58 bits per heavy atom. The number of urea groups is 1. The van der Waals surface area contributed by atoms with Crippen LogP contribution in [-0.4, -0.2) is 50.1 Å². The third-order valence-corrected chi connectivity index (χ3v) is 4.57. The van der Waals surface area contributed by atoms with E-state index in [0.717, 1.165) is 11.1 Å². The first-order valence-corrected chi connectivity index (χ1v) is 10.5. The van der Waals surface area contributed by atoms with Crippen molar-refractivity contribution in [2.24, 2.45) is 0 Å². The van der Waals surface area contributed by atoms with E-state index >= 15 is 0 Å². The summed E-state index contributed by atoms with van der Waals surface area (Å²) in [6.45, 7) is 7.66. The van der Waals surface area contributed by atoms with Crippen LogP contribution in [0.3, 0.4) is 0 Å². The van der Waals surface area contributed by atoms with Gasteiger partial charge in [-0.2, -0.15) is 0 Å². The molecule has 31 heavy (non-hydrogen) atoms. The van der Waals surface area contributed by atoms with E-state index in [1.54, 1.807) is 24.1 Å². The van der Waals surface area contributed by atoms with Crippen molar-refractivity contribution in [2.75, 3.05) is 33.4 Å². The molecule has 2 aromatic carbocycles. The van der Waals surface area contributed by atoms with Crippen LogP contribution in [0.15, 0.2) is 42.5 Å². The third kappa shape index (κ3) is 7.29. The maximum atomic E-state index is 12.4. The van der Waals surface area contributed by atoms with Crippen LogP contribution in [0, 0.1) is 0 Å². The average Bonchev–Trinajstić information content (AvgIpc) is 2.76. The molecule has 2 rings (SSSR count). The number of carbonyl (C=O) groups excluding carboxylic acids is 2. The van der Waals surface area contributed by atoms with E-state index < -0.39 is 0 Å². The monoisotopic (exact) mass is 428 g/mol. The zero-order chi connectivity index (χ0) is 22.6. The molecule has 0 bridgehead atoms. The van der Waals surface area contributed by atoms with Gasteiger partial charge < -0.3 is 24.4 Å². The highest BCUT2D eigenvalue weighted by atomic mass is 16.5. The fourth-order valence-corrected chi connectivity index (χ4v) is 3.19. The Morgan fingerprint density at radius 3 is 2.10 bits per heavy atom. The average molecular weight is 429 g/mol. The molecule has 0 spiro atoms. The van der Waals surface area contributed by atoms with Crippen LogP contribution < -0.4 is 14.8 Å². The minimum absolute atomic E-state index is 0.129. The lowest BCUT2D eigenvalue weighted by Crippen LogP contribution is -2.39. The molecular formula is C24H32N2O5. The lowest BCUT2D eigenvalue weighted by atomic mass is 10.0. The predicted molar refractivity (Wildman–Crippen MR) is 120 cm³/mol. The summed E-state index contributed by atoms with van der Waals surface area (Å²) < 4.78 is 17.1. The molecule has 7 nitrogen and oxygen atoms in total. The normalized spacial score (nSPS) is 10.5. The third-order valence-electron chi connectivity index (χ3n) is 4.57. The van der Waals surface area contributed by atoms with Crippen molar-refractivity contribution in [3.05, 3.63) is 59.2 Å². The lowest BCUT2D eigenvalue weighted by molar-refractivity contribution is 0.0973. The van der Waals surface area contributed by atoms with Crippen LogP contribution in [0.4, 0.5) is 4.79 Å². The highest BCUT2D eigenvalue weighted by Crippen LogP contribution is 2.32. The minimum atomic E-state index is -0.213. The van der Waals surface area contributed by atoms with Gasteiger partial charge in [0.1, 0.15) is 17.1 Å². The van der Waals surface area contributed by atoms with Gasteiger partial charge in [-0.3, -0.25) is 4.79 Å². The molecule has 2 amide bonds. The van der Waals surface area contributed by atoms with Gasteiger partial charge in [0.25, 0.3) is 0 Å². The Hall–Kier alpha value is -3.06. The Morgan fingerprint density at radius 1 is 0.968 bits per heavy atom. The molecule has 2 aromatic rings. The van der Waals surface area contributed by atoms with Crippen molar-refractivity contribution in [3.8, 4) is 11.5 Å². The molecule has 0 heterocycles. The van der Waals surface area contributed by atoms with Gasteiger partial charge >= 0.3 is 6.03 Å². The molecule has 0 saturated carbocycles. The van der Waals surface area contributed by atoms with E-state index in [-0.39, 0.29) is 11.8 Å². The number of Topliss-reactive ketones (excluding diaryl/α,β-unsaturated/α-hetero) is 1. The molecule has 7 heteroatoms. The van der Waals surface area contributed by atoms with Gasteiger partial charge in [0, 0.05) is 20.1 Å². The van der Waals surface area contributed by atoms with Gasteiger partial charge in [-0.05, 0) is 44.0 Å². The number of ketones is 1. The van der Waals surface area contributed by atoms with E-state index in [9.17, 15) is 9.59 Å². The Kier molecular flexibility index (Phi) is 9.84. The van der Waals surface area contributed by atoms with E-state index in [4.69, 9.17) is 14.2 Å². The molecule has 0 unspecified atom stereocenters. The first-order valence-electron chi connectivity index (χ1n) is 10.5. The second kappa shape index (κ2) is 12.6. The van der Waals surface area contributed by atoms with E-state index in [1.807, 2.05) is 44.2 Å². The molecule has 0 aliphatic carbocycles. The first-order chi connectivity index (χ1) is 15.0. The summed E-state index contributed by atoms with van der Waals surface area (Å²) in [6, 6.07) is 13.3. The van der Waals surface area contributed by atoms with Gasteiger partial charge in [0.05, 0.1) is 26.4 Å². The fourth-order valence-electron chi connectivity index (χ4n) is 3.19. The Balaban J connectivity index is 2.15. The highest BCUT2D eigenvalue weighted by molar-refractivity contribution is 5.99. The number of hydrogen-bond acceptors (Lipinski definition) is 5. The summed E-state index contributed by atoms with van der Waals surface area (Å²) in [5, 5.41) is 2.67. The van der Waals surface area contributed by atoms with E-state index in [2.05, 4.69) is 5.32 Å². The summed E-state index contributed by atoms with van der Waals surface area (Å²) in [7, 11) is 1.59. The second-order valence-corrected chi connectivity index (χ2v) is 6.90. The fraction of sp³-hybridized carbons (Fsp3) is 0.417. The maximum absolute atomic E-state index is 12.4. The van der Waals surface area contributed by atoms with Crippen LogP contribution in [0.25, 0.3) is 0 Å². The summed E-state index contributed by atoms with van der Waals surface area (Å²) in [5.74, 6) is 0.803. The number of rotatable bonds is 12. The standard InChI is InChI=1S/C24H32N2O5/c1-5-30-21-14-20(15-22(31-6-2)23(21)18(3)27)16-26(24(28)25-4)12-13-29-17-19-10-8-7-9-11-19/h7-11,14-15H,5-6,12-13,16-17H2,1-4H3,(H,25,28). The quantitative estimate of drug-likeness (QED) is 0.408. The summed E-state index contributed by atoms with van der Waals surface area (Å²) in [5.41, 5.74) is 2.31. The maximum Gasteiger partial charge on any atom is 0.317 e. The number of amides is 2. The van der Waals surface area contributed by atoms with Crippen molar-refractivity contribution in [1.82, 2.24) is 10.2 Å². The van der Waals surface area contributed by atoms with Crippen LogP contribution in [-0.2, 0) is 17.9 Å². The Bertz CT molecular complexity index is 827. The largest absolute Gasteiger partial charge is 0.493 e. The first kappa shape index (κ1) is 24.2. The van der Waals surface area contributed by atoms with Gasteiger partial charge in [-0.15, -0.1) is 0 Å². The van der Waals surface area contributed by atoms with Crippen molar-refractivity contribution >= 4 is 11.8 Å². The molecule has 0 radical (unpaired) electrons. The second-order valence-electron chi connectivity index (χ2n) is 6.90. The smallest absolute Gasteiger partial charge is 0.317 e. The number of benzene rings is 2. The highest BCUT2D eigenvalue weighted by Gasteiger charge is 2.20. The van der Waals surface area contributed by atoms with Crippen LogP contribution in [0.2, 0.25) is 0 Å². The molecule has 0 aromatic heterocycles. The van der Waals surface area contributed by atoms with Gasteiger partial charge in [-0.25, -0.2) is 4.79 Å². The van der Waals surface area contributed by atoms with Crippen molar-refractivity contribution in [3.63, 3.8) is 0 Å². The SMILES string of the molecule is CCOc1cc(CN(CCOCc2ccccc2)C(=O)NC)cc(OCC)c1C(C)=O. The predicted octanol–water partition coefficient (Wildman–Crippen LogP) is 4.04. The van der Waals surface area contributed by atoms with Crippen molar-refractivity contribution < 1.29 is 23.8 Å². The van der Waals surface area contributed by atoms with E-state index in [0.29, 0.717) is 56.6 Å². The van der Waals surface area contributed by atoms with Crippen LogP contribution in [0.5, 0.6) is 11.5 Å². The molecule has 0 saturated heterocycles. The van der Waals surface area contributed by atoms with Crippen molar-refractivity contribution in [2.45, 2.75) is 33.9 Å². The molecule has 0 aliphatic rings. The molecule has 0 fully saturated rings. The van der Waals surface area contributed by atoms with Gasteiger partial charge in [0.15, 0.2) is 5.78 Å². The minimum Gasteiger partial charge on any atom is -0.493 e. The number of ether oxygens (including phenoxy) is 3. The van der Waals surface area contributed by atoms with Gasteiger partial charge in [0.2, 0.25) is 0 Å². The molecular weight excluding hydrogens is 396 g/mol. The summed E-state index contributed by atoms with van der Waals surface area (Å²) >= 11 is 0. The molecule has 0 atom stereocenters. The van der Waals surface area contributed by atoms with Crippen LogP contribution >= 0.6 is 0 Å². The summed E-state index contributed by atoms with van der Waals surface area (Å²) in [6.07, 6.45) is 0. The van der Waals surface area contributed by atoms with Crippen LogP contribution in [0.1, 0.15) is 42.3 Å². The van der Waals surface area contributed by atoms with E-state index in [1.165, 1.54) is 6.92 Å². The van der Waals surface area contributed by atoms with Crippen molar-refractivity contribution in [1.29, 1.82) is 0 Å². The number of carbonyl (C=O) groups is 2. The lowest BCUT2D eigenvalue weighted by Gasteiger charge is -2.23. The molecule has 1 N–H and O–H groups in total. The summed E-state index contributed by atoms with van der Waals surface area (Å²) in [4.78, 5) is 26.2. The number of nitrogens with zero attached hydrogens (tertiary/aromatic N) is 1. The Labute approximate surface area is 184 Å². The van der Waals surface area contributed by atoms with Gasteiger partial charge in [-0.1, -0.05) is 30.3 Å².